The van der Waals surface area contributed by atoms with Crippen LogP contribution >= 0.6 is 0 Å². The molecule has 0 spiro atoms. The molecule has 102 valence electrons. The second-order valence-corrected chi connectivity index (χ2v) is 4.41. The number of carbonyl (C=O) groups excluding carboxylic acids is 3. The SMILES string of the molecule is NCCCC[C@@H]1NC(=O)[C@H](CCC(N)=O)NC1=O. The van der Waals surface area contributed by atoms with Crippen molar-refractivity contribution >= 4 is 17.7 Å². The van der Waals surface area contributed by atoms with Gasteiger partial charge in [0.15, 0.2) is 0 Å². The average Bonchev–Trinajstić information content (AvgIpc) is 2.31. The van der Waals surface area contributed by atoms with Gasteiger partial charge < -0.3 is 22.1 Å². The Hall–Kier alpha value is -1.63. The highest BCUT2D eigenvalue weighted by molar-refractivity contribution is 5.97. The van der Waals surface area contributed by atoms with Crippen LogP contribution < -0.4 is 22.1 Å². The summed E-state index contributed by atoms with van der Waals surface area (Å²) in [6.07, 6.45) is 2.52. The monoisotopic (exact) mass is 256 g/mol. The Bertz CT molecular complexity index is 332. The number of hydrogen-bond acceptors (Lipinski definition) is 4. The lowest BCUT2D eigenvalue weighted by Crippen LogP contribution is -2.61. The molecule has 2 atom stereocenters. The average molecular weight is 256 g/mol. The number of hydrogen-bond donors (Lipinski definition) is 4. The summed E-state index contributed by atoms with van der Waals surface area (Å²) in [5, 5.41) is 5.26. The number of rotatable bonds is 7. The predicted octanol–water partition coefficient (Wildman–Crippen LogP) is -1.64. The Morgan fingerprint density at radius 2 is 1.61 bits per heavy atom. The zero-order valence-electron chi connectivity index (χ0n) is 10.3. The third kappa shape index (κ3) is 4.33. The molecule has 18 heavy (non-hydrogen) atoms. The molecule has 1 heterocycles. The summed E-state index contributed by atoms with van der Waals surface area (Å²) >= 11 is 0. The Morgan fingerprint density at radius 1 is 1.06 bits per heavy atom. The van der Waals surface area contributed by atoms with Gasteiger partial charge in [-0.05, 0) is 32.2 Å². The van der Waals surface area contributed by atoms with Crippen molar-refractivity contribution in [2.45, 2.75) is 44.2 Å². The van der Waals surface area contributed by atoms with Gasteiger partial charge in [-0.1, -0.05) is 0 Å². The molecule has 7 nitrogen and oxygen atoms in total. The molecule has 0 unspecified atom stereocenters. The molecule has 0 aromatic carbocycles. The molecule has 0 saturated carbocycles. The van der Waals surface area contributed by atoms with Gasteiger partial charge in [0.25, 0.3) is 0 Å². The number of piperazine rings is 1. The zero-order chi connectivity index (χ0) is 13.5. The van der Waals surface area contributed by atoms with E-state index in [1.54, 1.807) is 0 Å². The lowest BCUT2D eigenvalue weighted by molar-refractivity contribution is -0.137. The molecular weight excluding hydrogens is 236 g/mol. The highest BCUT2D eigenvalue weighted by Crippen LogP contribution is 2.08. The van der Waals surface area contributed by atoms with Gasteiger partial charge in [0.2, 0.25) is 17.7 Å². The molecule has 7 heteroatoms. The first kappa shape index (κ1) is 14.4. The number of amides is 3. The van der Waals surface area contributed by atoms with Crippen LogP contribution in [-0.2, 0) is 14.4 Å². The number of primary amides is 1. The van der Waals surface area contributed by atoms with E-state index < -0.39 is 18.0 Å². The summed E-state index contributed by atoms with van der Waals surface area (Å²) < 4.78 is 0. The van der Waals surface area contributed by atoms with E-state index in [1.165, 1.54) is 0 Å². The van der Waals surface area contributed by atoms with Gasteiger partial charge in [-0.15, -0.1) is 0 Å². The molecule has 0 aliphatic carbocycles. The van der Waals surface area contributed by atoms with Gasteiger partial charge in [-0.3, -0.25) is 14.4 Å². The van der Waals surface area contributed by atoms with Crippen LogP contribution in [0.5, 0.6) is 0 Å². The normalized spacial score (nSPS) is 23.4. The standard InChI is InChI=1S/C11H20N4O3/c12-6-2-1-3-7-10(17)15-8(11(18)14-7)4-5-9(13)16/h7-8H,1-6,12H2,(H2,13,16)(H,14,18)(H,15,17)/t7-,8-/m0/s1. The number of nitrogens with one attached hydrogen (secondary N) is 2. The molecule has 0 bridgehead atoms. The van der Waals surface area contributed by atoms with Crippen molar-refractivity contribution in [2.75, 3.05) is 6.54 Å². The molecule has 0 aromatic rings. The van der Waals surface area contributed by atoms with Gasteiger partial charge in [0.05, 0.1) is 0 Å². The highest BCUT2D eigenvalue weighted by Gasteiger charge is 2.32. The van der Waals surface area contributed by atoms with Crippen LogP contribution in [0.1, 0.15) is 32.1 Å². The largest absolute Gasteiger partial charge is 0.370 e. The second kappa shape index (κ2) is 6.95. The van der Waals surface area contributed by atoms with E-state index in [0.717, 1.165) is 12.8 Å². The Morgan fingerprint density at radius 3 is 2.11 bits per heavy atom. The number of nitrogens with two attached hydrogens (primary N) is 2. The van der Waals surface area contributed by atoms with Crippen LogP contribution in [0.3, 0.4) is 0 Å². The summed E-state index contributed by atoms with van der Waals surface area (Å²) in [7, 11) is 0. The number of carbonyl (C=O) groups is 3. The quantitative estimate of drug-likeness (QED) is 0.407. The summed E-state index contributed by atoms with van der Waals surface area (Å²) in [5.41, 5.74) is 10.4. The third-order valence-electron chi connectivity index (χ3n) is 2.89. The summed E-state index contributed by atoms with van der Waals surface area (Å²) in [6, 6.07) is -1.15. The summed E-state index contributed by atoms with van der Waals surface area (Å²) in [5.74, 6) is -0.947. The van der Waals surface area contributed by atoms with Gasteiger partial charge in [-0.25, -0.2) is 0 Å². The van der Waals surface area contributed by atoms with Crippen LogP contribution in [0.2, 0.25) is 0 Å². The van der Waals surface area contributed by atoms with Crippen LogP contribution in [-0.4, -0.2) is 36.3 Å². The Labute approximate surface area is 106 Å². The maximum absolute atomic E-state index is 11.7. The van der Waals surface area contributed by atoms with Crippen LogP contribution in [0, 0.1) is 0 Å². The van der Waals surface area contributed by atoms with E-state index in [2.05, 4.69) is 10.6 Å². The maximum atomic E-state index is 11.7. The van der Waals surface area contributed by atoms with Crippen molar-refractivity contribution in [3.05, 3.63) is 0 Å². The third-order valence-corrected chi connectivity index (χ3v) is 2.89. The molecule has 1 aliphatic heterocycles. The van der Waals surface area contributed by atoms with E-state index in [-0.39, 0.29) is 24.7 Å². The fraction of sp³-hybridized carbons (Fsp3) is 0.727. The van der Waals surface area contributed by atoms with Crippen LogP contribution in [0.25, 0.3) is 0 Å². The van der Waals surface area contributed by atoms with Crippen molar-refractivity contribution in [3.63, 3.8) is 0 Å². The summed E-state index contributed by atoms with van der Waals surface area (Å²) in [4.78, 5) is 34.0. The van der Waals surface area contributed by atoms with E-state index >= 15 is 0 Å². The molecule has 0 aromatic heterocycles. The van der Waals surface area contributed by atoms with Gasteiger partial charge in [-0.2, -0.15) is 0 Å². The first-order valence-corrected chi connectivity index (χ1v) is 6.13. The minimum absolute atomic E-state index is 0.0796. The Balaban J connectivity index is 2.41. The first-order chi connectivity index (χ1) is 8.54. The summed E-state index contributed by atoms with van der Waals surface area (Å²) in [6.45, 7) is 0.573. The highest BCUT2D eigenvalue weighted by atomic mass is 16.2. The molecule has 0 radical (unpaired) electrons. The predicted molar refractivity (Wildman–Crippen MR) is 65.2 cm³/mol. The molecule has 1 aliphatic rings. The lowest BCUT2D eigenvalue weighted by atomic mass is 10.0. The van der Waals surface area contributed by atoms with E-state index in [4.69, 9.17) is 11.5 Å². The van der Waals surface area contributed by atoms with E-state index in [1.807, 2.05) is 0 Å². The first-order valence-electron chi connectivity index (χ1n) is 6.13. The smallest absolute Gasteiger partial charge is 0.243 e. The molecule has 6 N–H and O–H groups in total. The zero-order valence-corrected chi connectivity index (χ0v) is 10.3. The maximum Gasteiger partial charge on any atom is 0.243 e. The van der Waals surface area contributed by atoms with Gasteiger partial charge in [0, 0.05) is 6.42 Å². The van der Waals surface area contributed by atoms with Crippen molar-refractivity contribution in [2.24, 2.45) is 11.5 Å². The minimum atomic E-state index is -0.657. The van der Waals surface area contributed by atoms with Crippen LogP contribution in [0.4, 0.5) is 0 Å². The second-order valence-electron chi connectivity index (χ2n) is 4.41. The molecule has 3 amide bonds. The van der Waals surface area contributed by atoms with Crippen molar-refractivity contribution in [3.8, 4) is 0 Å². The Kier molecular flexibility index (Phi) is 5.57. The number of unbranched alkanes of at least 4 members (excludes halogenated alkanes) is 1. The van der Waals surface area contributed by atoms with Gasteiger partial charge >= 0.3 is 0 Å². The van der Waals surface area contributed by atoms with E-state index in [0.29, 0.717) is 13.0 Å². The lowest BCUT2D eigenvalue weighted by Gasteiger charge is -2.29. The fourth-order valence-corrected chi connectivity index (χ4v) is 1.86. The molecule has 1 saturated heterocycles. The van der Waals surface area contributed by atoms with Gasteiger partial charge in [0.1, 0.15) is 12.1 Å². The fourth-order valence-electron chi connectivity index (χ4n) is 1.86. The van der Waals surface area contributed by atoms with Crippen LogP contribution in [0.15, 0.2) is 0 Å². The topological polar surface area (TPSA) is 127 Å². The van der Waals surface area contributed by atoms with Crippen molar-refractivity contribution in [1.29, 1.82) is 0 Å². The molecule has 1 rings (SSSR count). The minimum Gasteiger partial charge on any atom is -0.370 e. The van der Waals surface area contributed by atoms with E-state index in [9.17, 15) is 14.4 Å². The molecular formula is C11H20N4O3. The van der Waals surface area contributed by atoms with Crippen molar-refractivity contribution in [1.82, 2.24) is 10.6 Å². The van der Waals surface area contributed by atoms with Crippen molar-refractivity contribution < 1.29 is 14.4 Å². The molecule has 1 fully saturated rings.